The summed E-state index contributed by atoms with van der Waals surface area (Å²) >= 11 is 5.28. The molecular weight excluding hydrogens is 790 g/mol. The van der Waals surface area contributed by atoms with Crippen molar-refractivity contribution in [3.05, 3.63) is 111 Å². The van der Waals surface area contributed by atoms with E-state index in [0.29, 0.717) is 16.5 Å². The first-order valence-corrected chi connectivity index (χ1v) is 20.6. The predicted molar refractivity (Wildman–Crippen MR) is 223 cm³/mol. The molecule has 6 N–H and O–H groups in total. The van der Waals surface area contributed by atoms with E-state index in [4.69, 9.17) is 5.73 Å². The number of aromatic amines is 2. The van der Waals surface area contributed by atoms with Crippen molar-refractivity contribution in [2.75, 3.05) is 16.4 Å². The van der Waals surface area contributed by atoms with E-state index >= 15 is 0 Å². The van der Waals surface area contributed by atoms with Crippen molar-refractivity contribution in [2.45, 2.75) is 26.7 Å². The number of hydrogen-bond acceptors (Lipinski definition) is 11. The zero-order valence-corrected chi connectivity index (χ0v) is 32.9. The molecule has 0 unspecified atom stereocenters. The standard InChI is InChI=1S/C19H14FN5OS2.C19H16N6OS2/c1-10-15(12-4-2-3-5-13(12)21-10)16-17(20)28-18(24-16)23-14(26)8-11-9-25-6-7-27-19(25)22-11;1-10-17(13-6-11(20)2-3-14(13)21-10)15-9-28-18(23-15)24-16(26)7-12-8-25-4-5-27-19(25)22-12/h2-7,9,21H,8H2,1H3,(H,23,24,26);2-6,8-9,21H,7,20H2,1H3,(H,23,24,26). The number of hydrogen-bond donors (Lipinski definition) is 5. The molecule has 8 aromatic heterocycles. The van der Waals surface area contributed by atoms with Crippen molar-refractivity contribution < 1.29 is 14.0 Å². The summed E-state index contributed by atoms with van der Waals surface area (Å²) in [6.45, 7) is 3.89. The molecule has 8 heterocycles. The van der Waals surface area contributed by atoms with Crippen molar-refractivity contribution in [2.24, 2.45) is 0 Å². The maximum atomic E-state index is 14.6. The topological polar surface area (TPSA) is 176 Å². The molecule has 0 saturated heterocycles. The SMILES string of the molecule is Cc1[nH]c2ccc(N)cc2c1-c1csc(NC(=O)Cc2cn3ccsc3n2)n1.Cc1[nH]c2ccccc2c1-c1nc(NC(=O)Cc2cn3ccsc3n2)sc1F. The van der Waals surface area contributed by atoms with Gasteiger partial charge < -0.3 is 26.3 Å². The van der Waals surface area contributed by atoms with Gasteiger partial charge in [-0.25, -0.2) is 19.9 Å². The second-order valence-electron chi connectivity index (χ2n) is 12.9. The number of aromatic nitrogens is 8. The number of halogens is 1. The molecule has 0 fully saturated rings. The van der Waals surface area contributed by atoms with Gasteiger partial charge in [-0.3, -0.25) is 18.4 Å². The third-order valence-electron chi connectivity index (χ3n) is 8.95. The number of H-pyrrole nitrogens is 2. The summed E-state index contributed by atoms with van der Waals surface area (Å²) in [7, 11) is 0. The van der Waals surface area contributed by atoms with E-state index in [1.165, 1.54) is 22.7 Å². The minimum Gasteiger partial charge on any atom is -0.399 e. The van der Waals surface area contributed by atoms with Gasteiger partial charge >= 0.3 is 0 Å². The third-order valence-corrected chi connectivity index (χ3v) is 12.0. The van der Waals surface area contributed by atoms with Gasteiger partial charge in [0.25, 0.3) is 0 Å². The number of anilines is 3. The van der Waals surface area contributed by atoms with Crippen molar-refractivity contribution in [1.82, 2.24) is 38.7 Å². The summed E-state index contributed by atoms with van der Waals surface area (Å²) < 4.78 is 18.4. The molecule has 13 nitrogen and oxygen atoms in total. The summed E-state index contributed by atoms with van der Waals surface area (Å²) in [4.78, 5) is 50.8. The number of carbonyl (C=O) groups excluding carboxylic acids is 2. The number of rotatable bonds is 8. The number of imidazole rings is 2. The smallest absolute Gasteiger partial charge is 0.232 e. The number of aryl methyl sites for hydroxylation is 2. The number of thiazole rings is 4. The van der Waals surface area contributed by atoms with Crippen LogP contribution in [0.15, 0.2) is 83.4 Å². The number of fused-ring (bicyclic) bond motifs is 4. The van der Waals surface area contributed by atoms with Crippen LogP contribution >= 0.6 is 45.3 Å². The van der Waals surface area contributed by atoms with E-state index in [9.17, 15) is 14.0 Å². The fourth-order valence-corrected chi connectivity index (χ4v) is 9.46. The first-order chi connectivity index (χ1) is 27.1. The summed E-state index contributed by atoms with van der Waals surface area (Å²) in [6, 6.07) is 13.5. The van der Waals surface area contributed by atoms with Crippen LogP contribution in [0.25, 0.3) is 54.2 Å². The number of nitrogens with one attached hydrogen (secondary N) is 4. The average Bonchev–Trinajstić information content (AvgIpc) is 4.00. The van der Waals surface area contributed by atoms with Crippen molar-refractivity contribution in [3.63, 3.8) is 0 Å². The van der Waals surface area contributed by atoms with E-state index in [0.717, 1.165) is 77.0 Å². The van der Waals surface area contributed by atoms with Crippen LogP contribution in [0.4, 0.5) is 20.3 Å². The van der Waals surface area contributed by atoms with Crippen LogP contribution in [0, 0.1) is 19.0 Å². The highest BCUT2D eigenvalue weighted by Gasteiger charge is 2.21. The highest BCUT2D eigenvalue weighted by molar-refractivity contribution is 7.15. The average molecular weight is 820 g/mol. The molecule has 2 aromatic carbocycles. The Kier molecular flexibility index (Phi) is 9.16. The van der Waals surface area contributed by atoms with Crippen LogP contribution < -0.4 is 16.4 Å². The van der Waals surface area contributed by atoms with Gasteiger partial charge in [-0.2, -0.15) is 4.39 Å². The molecule has 10 aromatic rings. The molecule has 0 spiro atoms. The lowest BCUT2D eigenvalue weighted by Crippen LogP contribution is -2.14. The van der Waals surface area contributed by atoms with Gasteiger partial charge in [-0.05, 0) is 38.1 Å². The van der Waals surface area contributed by atoms with Gasteiger partial charge in [0.15, 0.2) is 20.2 Å². The normalized spacial score (nSPS) is 11.5. The van der Waals surface area contributed by atoms with E-state index in [2.05, 4.69) is 40.5 Å². The highest BCUT2D eigenvalue weighted by atomic mass is 32.1. The number of nitrogens with zero attached hydrogens (tertiary/aromatic N) is 6. The van der Waals surface area contributed by atoms with Crippen LogP contribution in [0.3, 0.4) is 0 Å². The summed E-state index contributed by atoms with van der Waals surface area (Å²) in [5.74, 6) is -0.409. The highest BCUT2D eigenvalue weighted by Crippen LogP contribution is 2.37. The molecule has 18 heteroatoms. The molecule has 2 amide bonds. The molecule has 0 bridgehead atoms. The predicted octanol–water partition coefficient (Wildman–Crippen LogP) is 8.70. The Morgan fingerprint density at radius 3 is 2.07 bits per heavy atom. The quantitative estimate of drug-likeness (QED) is 0.0953. The second kappa shape index (κ2) is 14.5. The number of para-hydroxylation sites is 1. The molecule has 0 aliphatic rings. The molecule has 0 radical (unpaired) electrons. The van der Waals surface area contributed by atoms with E-state index in [1.54, 1.807) is 11.3 Å². The zero-order chi connectivity index (χ0) is 38.5. The lowest BCUT2D eigenvalue weighted by molar-refractivity contribution is -0.116. The number of benzene rings is 2. The molecule has 280 valence electrons. The minimum atomic E-state index is -0.425. The maximum Gasteiger partial charge on any atom is 0.232 e. The van der Waals surface area contributed by atoms with Crippen LogP contribution in [0.5, 0.6) is 0 Å². The van der Waals surface area contributed by atoms with Crippen LogP contribution in [0.2, 0.25) is 0 Å². The molecule has 10 rings (SSSR count). The number of carbonyl (C=O) groups is 2. The fraction of sp³-hybridized carbons (Fsp3) is 0.105. The van der Waals surface area contributed by atoms with Crippen LogP contribution in [-0.4, -0.2) is 50.5 Å². The molecular formula is C38H30FN11O2S4. The summed E-state index contributed by atoms with van der Waals surface area (Å²) in [6.07, 6.45) is 7.83. The minimum absolute atomic E-state index is 0.108. The Balaban J connectivity index is 0.000000146. The van der Waals surface area contributed by atoms with E-state index in [-0.39, 0.29) is 35.5 Å². The molecule has 0 saturated carbocycles. The van der Waals surface area contributed by atoms with Gasteiger partial charge in [-0.15, -0.1) is 34.0 Å². The van der Waals surface area contributed by atoms with Gasteiger partial charge in [0.1, 0.15) is 5.69 Å². The lowest BCUT2D eigenvalue weighted by Gasteiger charge is -2.00. The first-order valence-electron chi connectivity index (χ1n) is 17.1. The van der Waals surface area contributed by atoms with E-state index < -0.39 is 5.13 Å². The number of nitrogen functional groups attached to an aromatic ring is 1. The zero-order valence-electron chi connectivity index (χ0n) is 29.6. The summed E-state index contributed by atoms with van der Waals surface area (Å²) in [5, 5.41) is 13.7. The fourth-order valence-electron chi connectivity index (χ4n) is 6.59. The lowest BCUT2D eigenvalue weighted by atomic mass is 10.1. The van der Waals surface area contributed by atoms with Crippen molar-refractivity contribution in [1.29, 1.82) is 0 Å². The van der Waals surface area contributed by atoms with Gasteiger partial charge in [0.2, 0.25) is 16.9 Å². The summed E-state index contributed by atoms with van der Waals surface area (Å²) in [5.41, 5.74) is 14.6. The van der Waals surface area contributed by atoms with Gasteiger partial charge in [0.05, 0.1) is 29.9 Å². The molecule has 56 heavy (non-hydrogen) atoms. The third kappa shape index (κ3) is 6.94. The van der Waals surface area contributed by atoms with Crippen molar-refractivity contribution in [3.8, 4) is 22.5 Å². The van der Waals surface area contributed by atoms with Gasteiger partial charge in [-0.1, -0.05) is 29.5 Å². The van der Waals surface area contributed by atoms with Crippen LogP contribution in [-0.2, 0) is 22.4 Å². The maximum absolute atomic E-state index is 14.6. The van der Waals surface area contributed by atoms with Crippen molar-refractivity contribution >= 4 is 105 Å². The Labute approximate surface area is 332 Å². The molecule has 0 aliphatic heterocycles. The first kappa shape index (κ1) is 35.5. The Bertz CT molecular complexity index is 3010. The Hall–Kier alpha value is -6.21. The number of amides is 2. The second-order valence-corrected chi connectivity index (χ2v) is 16.4. The Morgan fingerprint density at radius 2 is 1.39 bits per heavy atom. The Morgan fingerprint density at radius 1 is 0.768 bits per heavy atom. The number of nitrogens with two attached hydrogens (primary N) is 1. The molecule has 0 aliphatic carbocycles. The van der Waals surface area contributed by atoms with E-state index in [1.807, 2.05) is 106 Å². The largest absolute Gasteiger partial charge is 0.399 e. The van der Waals surface area contributed by atoms with Gasteiger partial charge in [0, 0.05) is 90.9 Å². The molecule has 0 atom stereocenters. The monoisotopic (exact) mass is 819 g/mol. The van der Waals surface area contributed by atoms with Crippen LogP contribution in [0.1, 0.15) is 22.8 Å².